The lowest BCUT2D eigenvalue weighted by Crippen LogP contribution is -2.24. The second-order valence-corrected chi connectivity index (χ2v) is 14.2. The summed E-state index contributed by atoms with van der Waals surface area (Å²) in [4.78, 5) is 23.3. The van der Waals surface area contributed by atoms with Crippen molar-refractivity contribution >= 4 is 15.7 Å². The predicted molar refractivity (Wildman–Crippen MR) is 127 cm³/mol. The maximum Gasteiger partial charge on any atom is 0.198 e. The van der Waals surface area contributed by atoms with Crippen molar-refractivity contribution in [2.45, 2.75) is 56.8 Å². The van der Waals surface area contributed by atoms with Crippen LogP contribution in [0.3, 0.4) is 0 Å². The fourth-order valence-electron chi connectivity index (χ4n) is 3.28. The van der Waals surface area contributed by atoms with Gasteiger partial charge in [-0.05, 0) is 30.8 Å². The summed E-state index contributed by atoms with van der Waals surface area (Å²) >= 11 is 0. The molecule has 0 aliphatic carbocycles. The zero-order valence-corrected chi connectivity index (χ0v) is 20.6. The molecule has 4 rings (SSSR count). The second-order valence-electron chi connectivity index (χ2n) is 10.2. The van der Waals surface area contributed by atoms with Crippen LogP contribution in [0.15, 0.2) is 46.6 Å². The van der Waals surface area contributed by atoms with Gasteiger partial charge in [0.1, 0.15) is 18.4 Å². The zero-order valence-electron chi connectivity index (χ0n) is 19.8. The van der Waals surface area contributed by atoms with Gasteiger partial charge in [0.25, 0.3) is 0 Å². The van der Waals surface area contributed by atoms with E-state index in [4.69, 9.17) is 4.42 Å². The summed E-state index contributed by atoms with van der Waals surface area (Å²) in [6.07, 6.45) is 14.4. The van der Waals surface area contributed by atoms with Crippen LogP contribution < -0.4 is 0 Å². The lowest BCUT2D eigenvalue weighted by molar-refractivity contribution is 0.465. The first-order chi connectivity index (χ1) is 15.0. The SMILES string of the molecule is CC(C)(C)c1ncnc(-c2cc(S(C)(C)CCC(C)(C)c3ncc4nccn4n3)co2)n1. The highest BCUT2D eigenvalue weighted by molar-refractivity contribution is 8.32. The van der Waals surface area contributed by atoms with E-state index in [9.17, 15) is 0 Å². The minimum absolute atomic E-state index is 0.148. The highest BCUT2D eigenvalue weighted by atomic mass is 32.3. The quantitative estimate of drug-likeness (QED) is 0.419. The molecule has 0 aliphatic heterocycles. The van der Waals surface area contributed by atoms with Gasteiger partial charge in [0.15, 0.2) is 23.1 Å². The Balaban J connectivity index is 1.51. The summed E-state index contributed by atoms with van der Waals surface area (Å²) in [5.74, 6) is 3.86. The smallest absolute Gasteiger partial charge is 0.198 e. The molecule has 0 N–H and O–H groups in total. The topological polar surface area (TPSA) is 94.9 Å². The maximum atomic E-state index is 5.89. The van der Waals surface area contributed by atoms with Crippen LogP contribution in [0.2, 0.25) is 0 Å². The van der Waals surface area contributed by atoms with E-state index in [0.29, 0.717) is 11.6 Å². The molecule has 9 heteroatoms. The number of fused-ring (bicyclic) bond motifs is 1. The van der Waals surface area contributed by atoms with Crippen LogP contribution in [0.1, 0.15) is 52.7 Å². The molecule has 32 heavy (non-hydrogen) atoms. The number of furan rings is 1. The van der Waals surface area contributed by atoms with Gasteiger partial charge in [-0.15, -0.1) is 0 Å². The van der Waals surface area contributed by atoms with Crippen molar-refractivity contribution in [1.29, 1.82) is 0 Å². The summed E-state index contributed by atoms with van der Waals surface area (Å²) in [7, 11) is -1.10. The van der Waals surface area contributed by atoms with Gasteiger partial charge in [-0.25, -0.2) is 39.5 Å². The Labute approximate surface area is 190 Å². The van der Waals surface area contributed by atoms with Gasteiger partial charge < -0.3 is 4.42 Å². The van der Waals surface area contributed by atoms with E-state index in [-0.39, 0.29) is 10.8 Å². The molecule has 0 bridgehead atoms. The Hall–Kier alpha value is -2.81. The molecule has 0 radical (unpaired) electrons. The van der Waals surface area contributed by atoms with Crippen LogP contribution in [-0.2, 0) is 10.8 Å². The summed E-state index contributed by atoms with van der Waals surface area (Å²) < 4.78 is 7.68. The minimum Gasteiger partial charge on any atom is -0.460 e. The molecule has 0 amide bonds. The number of hydrogen-bond acceptors (Lipinski definition) is 7. The Morgan fingerprint density at radius 2 is 1.78 bits per heavy atom. The molecule has 0 saturated heterocycles. The first kappa shape index (κ1) is 22.4. The number of hydrogen-bond donors (Lipinski definition) is 0. The van der Waals surface area contributed by atoms with Crippen LogP contribution in [0.4, 0.5) is 0 Å². The Morgan fingerprint density at radius 1 is 1.00 bits per heavy atom. The third kappa shape index (κ3) is 4.53. The molecule has 0 aliphatic rings. The van der Waals surface area contributed by atoms with Gasteiger partial charge in [0.2, 0.25) is 0 Å². The second kappa shape index (κ2) is 7.95. The van der Waals surface area contributed by atoms with Gasteiger partial charge in [-0.1, -0.05) is 34.6 Å². The summed E-state index contributed by atoms with van der Waals surface area (Å²) in [5, 5.41) is 4.66. The number of rotatable bonds is 6. The van der Waals surface area contributed by atoms with Gasteiger partial charge in [0.05, 0.1) is 6.20 Å². The van der Waals surface area contributed by atoms with E-state index in [2.05, 4.69) is 83.2 Å². The standard InChI is InChI=1S/C23H31N7OS/c1-22(2,3)20-27-15-26-19(28-20)17-12-16(14-31-17)32(6,7)11-8-23(4,5)21-25-13-18-24-9-10-30(18)29-21/h9-10,12-15H,8,11H2,1-7H3. The molecule has 4 heterocycles. The summed E-state index contributed by atoms with van der Waals surface area (Å²) in [6.45, 7) is 10.6. The molecule has 0 saturated carbocycles. The highest BCUT2D eigenvalue weighted by Crippen LogP contribution is 2.52. The lowest BCUT2D eigenvalue weighted by atomic mass is 9.89. The van der Waals surface area contributed by atoms with Crippen LogP contribution in [0.25, 0.3) is 17.2 Å². The van der Waals surface area contributed by atoms with Crippen molar-refractivity contribution in [2.75, 3.05) is 18.3 Å². The van der Waals surface area contributed by atoms with E-state index in [1.165, 1.54) is 4.90 Å². The van der Waals surface area contributed by atoms with Gasteiger partial charge in [-0.3, -0.25) is 0 Å². The number of imidazole rings is 1. The Kier molecular flexibility index (Phi) is 5.56. The molecule has 0 fully saturated rings. The van der Waals surface area contributed by atoms with Crippen molar-refractivity contribution in [3.8, 4) is 11.6 Å². The average molecular weight is 454 g/mol. The molecular weight excluding hydrogens is 422 g/mol. The van der Waals surface area contributed by atoms with Crippen LogP contribution in [0.5, 0.6) is 0 Å². The fourth-order valence-corrected chi connectivity index (χ4v) is 5.28. The first-order valence-electron chi connectivity index (χ1n) is 10.6. The van der Waals surface area contributed by atoms with Crippen molar-refractivity contribution < 1.29 is 4.42 Å². The van der Waals surface area contributed by atoms with Crippen LogP contribution >= 0.6 is 10.0 Å². The molecule has 4 aromatic heterocycles. The normalized spacial score (nSPS) is 13.6. The van der Waals surface area contributed by atoms with E-state index >= 15 is 0 Å². The molecule has 170 valence electrons. The number of nitrogens with zero attached hydrogens (tertiary/aromatic N) is 7. The maximum absolute atomic E-state index is 5.89. The fraction of sp³-hybridized carbons (Fsp3) is 0.478. The monoisotopic (exact) mass is 453 g/mol. The van der Waals surface area contributed by atoms with E-state index < -0.39 is 10.0 Å². The highest BCUT2D eigenvalue weighted by Gasteiger charge is 2.29. The van der Waals surface area contributed by atoms with Gasteiger partial charge in [0, 0.05) is 28.1 Å². The molecule has 0 aromatic carbocycles. The Morgan fingerprint density at radius 3 is 2.53 bits per heavy atom. The van der Waals surface area contributed by atoms with Gasteiger partial charge >= 0.3 is 0 Å². The Bertz CT molecular complexity index is 1240. The van der Waals surface area contributed by atoms with E-state index in [0.717, 1.165) is 29.5 Å². The van der Waals surface area contributed by atoms with Crippen molar-refractivity contribution in [1.82, 2.24) is 34.5 Å². The van der Waals surface area contributed by atoms with E-state index in [1.807, 2.05) is 12.5 Å². The third-order valence-electron chi connectivity index (χ3n) is 5.67. The largest absolute Gasteiger partial charge is 0.460 e. The summed E-state index contributed by atoms with van der Waals surface area (Å²) in [6, 6.07) is 2.08. The van der Waals surface area contributed by atoms with Crippen molar-refractivity contribution in [2.24, 2.45) is 0 Å². The first-order valence-corrected chi connectivity index (χ1v) is 13.2. The van der Waals surface area contributed by atoms with Crippen LogP contribution in [0, 0.1) is 0 Å². The third-order valence-corrected chi connectivity index (χ3v) is 8.39. The van der Waals surface area contributed by atoms with Crippen LogP contribution in [-0.4, -0.2) is 52.8 Å². The molecule has 0 spiro atoms. The van der Waals surface area contributed by atoms with Crippen molar-refractivity contribution in [3.63, 3.8) is 0 Å². The molecule has 0 unspecified atom stereocenters. The molecular formula is C23H31N7OS. The molecule has 4 aromatic rings. The van der Waals surface area contributed by atoms with Gasteiger partial charge in [-0.2, -0.15) is 5.10 Å². The zero-order chi connectivity index (χ0) is 23.1. The minimum atomic E-state index is -1.10. The number of aromatic nitrogens is 7. The van der Waals surface area contributed by atoms with E-state index in [1.54, 1.807) is 23.2 Å². The lowest BCUT2D eigenvalue weighted by Gasteiger charge is -2.33. The van der Waals surface area contributed by atoms with Crippen molar-refractivity contribution in [3.05, 3.63) is 48.9 Å². The molecule has 8 nitrogen and oxygen atoms in total. The summed E-state index contributed by atoms with van der Waals surface area (Å²) in [5.41, 5.74) is 0.449. The molecule has 0 atom stereocenters. The average Bonchev–Trinajstić information content (AvgIpc) is 3.41. The predicted octanol–water partition coefficient (Wildman–Crippen LogP) is 4.66.